The minimum absolute atomic E-state index is 0.232. The number of rotatable bonds is 2. The number of halogens is 3. The topological polar surface area (TPSA) is 42.0 Å². The summed E-state index contributed by atoms with van der Waals surface area (Å²) in [6.45, 7) is 1.78. The highest BCUT2D eigenvalue weighted by Gasteiger charge is 2.10. The summed E-state index contributed by atoms with van der Waals surface area (Å²) >= 11 is 14.9. The van der Waals surface area contributed by atoms with E-state index in [0.29, 0.717) is 31.6 Å². The van der Waals surface area contributed by atoms with Crippen LogP contribution in [0.1, 0.15) is 16.1 Å². The van der Waals surface area contributed by atoms with Crippen LogP contribution in [0.4, 0.5) is 5.69 Å². The average molecular weight is 360 g/mol. The maximum atomic E-state index is 12.1. The summed E-state index contributed by atoms with van der Waals surface area (Å²) in [4.78, 5) is 16.2. The first-order valence-electron chi connectivity index (χ1n) is 5.37. The van der Waals surface area contributed by atoms with Crippen LogP contribution in [0, 0.1) is 6.92 Å². The van der Waals surface area contributed by atoms with Crippen LogP contribution < -0.4 is 5.32 Å². The third-order valence-corrected chi connectivity index (χ3v) is 3.91. The minimum atomic E-state index is -0.232. The van der Waals surface area contributed by atoms with Crippen molar-refractivity contribution in [3.8, 4) is 0 Å². The quantitative estimate of drug-likeness (QED) is 0.789. The lowest BCUT2D eigenvalue weighted by Crippen LogP contribution is -2.13. The smallest absolute Gasteiger partial charge is 0.255 e. The Morgan fingerprint density at radius 2 is 2.00 bits per heavy atom. The second-order valence-corrected chi connectivity index (χ2v) is 5.50. The Bertz CT molecular complexity index is 647. The lowest BCUT2D eigenvalue weighted by Gasteiger charge is -2.08. The SMILES string of the molecule is Cc1nc(Cl)ccc1NC(=O)c1ccc(Cl)c(Br)c1. The molecule has 1 N–H and O–H groups in total. The first-order valence-corrected chi connectivity index (χ1v) is 6.92. The zero-order valence-corrected chi connectivity index (χ0v) is 13.0. The van der Waals surface area contributed by atoms with Gasteiger partial charge in [-0.3, -0.25) is 4.79 Å². The molecule has 3 nitrogen and oxygen atoms in total. The third-order valence-electron chi connectivity index (χ3n) is 2.48. The molecule has 0 atom stereocenters. The Kier molecular flexibility index (Phi) is 4.45. The summed E-state index contributed by atoms with van der Waals surface area (Å²) in [6, 6.07) is 8.32. The number of carbonyl (C=O) groups is 1. The summed E-state index contributed by atoms with van der Waals surface area (Å²) in [5.41, 5.74) is 1.79. The number of hydrogen-bond acceptors (Lipinski definition) is 2. The molecule has 1 heterocycles. The molecule has 0 bridgehead atoms. The van der Waals surface area contributed by atoms with Crippen molar-refractivity contribution < 1.29 is 4.79 Å². The van der Waals surface area contributed by atoms with Gasteiger partial charge in [0.2, 0.25) is 0 Å². The van der Waals surface area contributed by atoms with Crippen LogP contribution in [0.2, 0.25) is 10.2 Å². The number of nitrogens with zero attached hydrogens (tertiary/aromatic N) is 1. The highest BCUT2D eigenvalue weighted by atomic mass is 79.9. The zero-order valence-electron chi connectivity index (χ0n) is 9.88. The Morgan fingerprint density at radius 3 is 2.63 bits per heavy atom. The number of hydrogen-bond donors (Lipinski definition) is 1. The average Bonchev–Trinajstić information content (AvgIpc) is 2.36. The molecule has 0 aliphatic rings. The fourth-order valence-electron chi connectivity index (χ4n) is 1.49. The van der Waals surface area contributed by atoms with Crippen LogP contribution in [-0.4, -0.2) is 10.9 Å². The number of amides is 1. The molecule has 1 aromatic heterocycles. The van der Waals surface area contributed by atoms with Crippen LogP contribution in [0.5, 0.6) is 0 Å². The molecular formula is C13H9BrCl2N2O. The van der Waals surface area contributed by atoms with Crippen molar-refractivity contribution in [3.05, 3.63) is 56.2 Å². The van der Waals surface area contributed by atoms with Gasteiger partial charge in [-0.2, -0.15) is 0 Å². The lowest BCUT2D eigenvalue weighted by molar-refractivity contribution is 0.102. The van der Waals surface area contributed by atoms with E-state index in [-0.39, 0.29) is 5.91 Å². The Balaban J connectivity index is 2.23. The van der Waals surface area contributed by atoms with E-state index in [0.717, 1.165) is 0 Å². The van der Waals surface area contributed by atoms with Crippen molar-refractivity contribution >= 4 is 50.7 Å². The molecule has 0 fully saturated rings. The summed E-state index contributed by atoms with van der Waals surface area (Å²) in [6.07, 6.45) is 0. The minimum Gasteiger partial charge on any atom is -0.320 e. The van der Waals surface area contributed by atoms with Gasteiger partial charge in [-0.1, -0.05) is 23.2 Å². The summed E-state index contributed by atoms with van der Waals surface area (Å²) in [5, 5.41) is 3.73. The van der Waals surface area contributed by atoms with E-state index in [4.69, 9.17) is 23.2 Å². The normalized spacial score (nSPS) is 10.3. The summed E-state index contributed by atoms with van der Waals surface area (Å²) in [7, 11) is 0. The molecule has 1 aromatic carbocycles. The Morgan fingerprint density at radius 1 is 1.26 bits per heavy atom. The second-order valence-electron chi connectivity index (χ2n) is 3.85. The Labute approximate surface area is 129 Å². The molecule has 19 heavy (non-hydrogen) atoms. The van der Waals surface area contributed by atoms with E-state index in [1.54, 1.807) is 37.3 Å². The molecule has 2 aromatic rings. The maximum Gasteiger partial charge on any atom is 0.255 e. The van der Waals surface area contributed by atoms with Gasteiger partial charge in [0.25, 0.3) is 5.91 Å². The van der Waals surface area contributed by atoms with Crippen molar-refractivity contribution in [2.45, 2.75) is 6.92 Å². The van der Waals surface area contributed by atoms with Gasteiger partial charge in [0.15, 0.2) is 0 Å². The van der Waals surface area contributed by atoms with Crippen molar-refractivity contribution in [1.82, 2.24) is 4.98 Å². The fraction of sp³-hybridized carbons (Fsp3) is 0.0769. The fourth-order valence-corrected chi connectivity index (χ4v) is 2.18. The van der Waals surface area contributed by atoms with Crippen molar-refractivity contribution in [1.29, 1.82) is 0 Å². The van der Waals surface area contributed by atoms with Crippen LogP contribution in [-0.2, 0) is 0 Å². The van der Waals surface area contributed by atoms with E-state index in [1.165, 1.54) is 0 Å². The van der Waals surface area contributed by atoms with E-state index in [2.05, 4.69) is 26.2 Å². The van der Waals surface area contributed by atoms with Gasteiger partial charge in [0.1, 0.15) is 5.15 Å². The monoisotopic (exact) mass is 358 g/mol. The van der Waals surface area contributed by atoms with Crippen LogP contribution in [0.25, 0.3) is 0 Å². The van der Waals surface area contributed by atoms with Gasteiger partial charge >= 0.3 is 0 Å². The Hall–Kier alpha value is -1.10. The number of carbonyl (C=O) groups excluding carboxylic acids is 1. The van der Waals surface area contributed by atoms with Gasteiger partial charge in [-0.15, -0.1) is 0 Å². The lowest BCUT2D eigenvalue weighted by atomic mass is 10.2. The van der Waals surface area contributed by atoms with E-state index < -0.39 is 0 Å². The highest BCUT2D eigenvalue weighted by molar-refractivity contribution is 9.10. The number of aryl methyl sites for hydroxylation is 1. The molecule has 2 rings (SSSR count). The van der Waals surface area contributed by atoms with Gasteiger partial charge < -0.3 is 5.32 Å². The van der Waals surface area contributed by atoms with Crippen LogP contribution >= 0.6 is 39.1 Å². The van der Waals surface area contributed by atoms with E-state index in [1.807, 2.05) is 0 Å². The number of pyridine rings is 1. The molecular weight excluding hydrogens is 351 g/mol. The van der Waals surface area contributed by atoms with Crippen LogP contribution in [0.3, 0.4) is 0 Å². The first kappa shape index (κ1) is 14.3. The van der Waals surface area contributed by atoms with E-state index in [9.17, 15) is 4.79 Å². The van der Waals surface area contributed by atoms with E-state index >= 15 is 0 Å². The number of nitrogens with one attached hydrogen (secondary N) is 1. The molecule has 0 spiro atoms. The molecule has 98 valence electrons. The molecule has 6 heteroatoms. The maximum absolute atomic E-state index is 12.1. The number of aromatic nitrogens is 1. The predicted molar refractivity (Wildman–Crippen MR) is 81.1 cm³/mol. The largest absolute Gasteiger partial charge is 0.320 e. The third kappa shape index (κ3) is 3.47. The standard InChI is InChI=1S/C13H9BrCl2N2O/c1-7-11(4-5-12(16)17-7)18-13(19)8-2-3-10(15)9(14)6-8/h2-6H,1H3,(H,18,19). The van der Waals surface area contributed by atoms with Gasteiger partial charge in [-0.25, -0.2) is 4.98 Å². The van der Waals surface area contributed by atoms with Crippen molar-refractivity contribution in [2.75, 3.05) is 5.32 Å². The predicted octanol–water partition coefficient (Wildman–Crippen LogP) is 4.71. The van der Waals surface area contributed by atoms with Gasteiger partial charge in [-0.05, 0) is 53.2 Å². The molecule has 1 amide bonds. The van der Waals surface area contributed by atoms with Crippen LogP contribution in [0.15, 0.2) is 34.8 Å². The first-order chi connectivity index (χ1) is 8.97. The second kappa shape index (κ2) is 5.90. The highest BCUT2D eigenvalue weighted by Crippen LogP contribution is 2.24. The number of benzene rings is 1. The molecule has 0 aliphatic heterocycles. The molecule has 0 saturated heterocycles. The molecule has 0 unspecified atom stereocenters. The van der Waals surface area contributed by atoms with Gasteiger partial charge in [0, 0.05) is 10.0 Å². The summed E-state index contributed by atoms with van der Waals surface area (Å²) in [5.74, 6) is -0.232. The number of anilines is 1. The molecule has 0 radical (unpaired) electrons. The van der Waals surface area contributed by atoms with Crippen molar-refractivity contribution in [3.63, 3.8) is 0 Å². The zero-order chi connectivity index (χ0) is 14.0. The van der Waals surface area contributed by atoms with Gasteiger partial charge in [0.05, 0.1) is 16.4 Å². The molecule has 0 aliphatic carbocycles. The summed E-state index contributed by atoms with van der Waals surface area (Å²) < 4.78 is 0.674. The van der Waals surface area contributed by atoms with Crippen molar-refractivity contribution in [2.24, 2.45) is 0 Å². The molecule has 0 saturated carbocycles.